The topological polar surface area (TPSA) is 122 Å². The van der Waals surface area contributed by atoms with E-state index < -0.39 is 53.2 Å². The summed E-state index contributed by atoms with van der Waals surface area (Å²) in [7, 11) is -3.75. The van der Waals surface area contributed by atoms with Crippen LogP contribution in [0.1, 0.15) is 29.5 Å². The van der Waals surface area contributed by atoms with Crippen LogP contribution in [0.25, 0.3) is 0 Å². The van der Waals surface area contributed by atoms with Gasteiger partial charge < -0.3 is 10.1 Å². The van der Waals surface area contributed by atoms with Gasteiger partial charge in [-0.15, -0.1) is 0 Å². The number of ether oxygens (including phenoxy) is 1. The number of hydrogen-bond acceptors (Lipinski definition) is 6. The number of carbonyl (C=O) groups excluding carboxylic acids is 3. The normalized spacial score (nSPS) is 15.7. The number of hydrogen-bond donors (Lipinski definition) is 2. The molecule has 0 atom stereocenters. The predicted octanol–water partition coefficient (Wildman–Crippen LogP) is 1.94. The molecule has 0 aliphatic carbocycles. The summed E-state index contributed by atoms with van der Waals surface area (Å²) >= 11 is 0. The molecule has 33 heavy (non-hydrogen) atoms. The summed E-state index contributed by atoms with van der Waals surface area (Å²) in [5, 5.41) is 3.07. The van der Waals surface area contributed by atoms with Crippen molar-refractivity contribution < 1.29 is 40.7 Å². The number of sulfonamides is 1. The molecule has 2 N–H and O–H groups in total. The number of aryl methyl sites for hydroxylation is 3. The van der Waals surface area contributed by atoms with E-state index in [1.165, 1.54) is 9.62 Å². The Kier molecular flexibility index (Phi) is 8.46. The summed E-state index contributed by atoms with van der Waals surface area (Å²) in [5.74, 6) is -2.49. The zero-order valence-electron chi connectivity index (χ0n) is 18.4. The first-order chi connectivity index (χ1) is 15.2. The average Bonchev–Trinajstić information content (AvgIpc) is 2.69. The molecular formula is C20H26F3N3O6S. The molecular weight excluding hydrogens is 467 g/mol. The van der Waals surface area contributed by atoms with E-state index in [2.05, 4.69) is 0 Å². The Balaban J connectivity index is 1.85. The largest absolute Gasteiger partial charge is 0.455 e. The van der Waals surface area contributed by atoms with Gasteiger partial charge in [0.1, 0.15) is 6.54 Å². The fourth-order valence-electron chi connectivity index (χ4n) is 3.68. The van der Waals surface area contributed by atoms with Crippen molar-refractivity contribution in [2.45, 2.75) is 44.7 Å². The molecule has 1 fully saturated rings. The van der Waals surface area contributed by atoms with Crippen molar-refractivity contribution in [3.63, 3.8) is 0 Å². The van der Waals surface area contributed by atoms with Gasteiger partial charge in [0.2, 0.25) is 10.0 Å². The lowest BCUT2D eigenvalue weighted by atomic mass is 9.98. The smallest absolute Gasteiger partial charge is 0.405 e. The number of carbonyl (C=O) groups is 3. The van der Waals surface area contributed by atoms with Gasteiger partial charge in [-0.1, -0.05) is 17.7 Å². The van der Waals surface area contributed by atoms with Gasteiger partial charge >= 0.3 is 18.2 Å². The van der Waals surface area contributed by atoms with Gasteiger partial charge in [0.25, 0.3) is 5.91 Å². The minimum absolute atomic E-state index is 0.0842. The van der Waals surface area contributed by atoms with Crippen molar-refractivity contribution in [3.8, 4) is 0 Å². The summed E-state index contributed by atoms with van der Waals surface area (Å²) in [4.78, 5) is 35.2. The molecule has 0 unspecified atom stereocenters. The van der Waals surface area contributed by atoms with Crippen LogP contribution < -0.4 is 10.6 Å². The van der Waals surface area contributed by atoms with E-state index in [-0.39, 0.29) is 30.8 Å². The minimum atomic E-state index is -4.63. The summed E-state index contributed by atoms with van der Waals surface area (Å²) in [6.45, 7) is 3.04. The van der Waals surface area contributed by atoms with Crippen LogP contribution in [0, 0.1) is 26.7 Å². The molecule has 1 aliphatic heterocycles. The number of piperidine rings is 1. The third-order valence-corrected chi connectivity index (χ3v) is 7.24. The lowest BCUT2D eigenvalue weighted by Gasteiger charge is -2.31. The number of esters is 1. The fraction of sp³-hybridized carbons (Fsp3) is 0.550. The van der Waals surface area contributed by atoms with E-state index in [4.69, 9.17) is 4.74 Å². The molecule has 0 radical (unpaired) electrons. The highest BCUT2D eigenvalue weighted by Gasteiger charge is 2.34. The predicted molar refractivity (Wildman–Crippen MR) is 111 cm³/mol. The second-order valence-electron chi connectivity index (χ2n) is 7.86. The van der Waals surface area contributed by atoms with Crippen molar-refractivity contribution in [1.29, 1.82) is 0 Å². The number of nitrogens with zero attached hydrogens (tertiary/aromatic N) is 1. The molecule has 1 aromatic carbocycles. The van der Waals surface area contributed by atoms with Gasteiger partial charge in [0, 0.05) is 13.1 Å². The van der Waals surface area contributed by atoms with E-state index in [1.807, 2.05) is 6.92 Å². The number of rotatable bonds is 6. The number of alkyl halides is 3. The fourth-order valence-corrected chi connectivity index (χ4v) is 5.56. The molecule has 3 amide bonds. The van der Waals surface area contributed by atoms with Crippen LogP contribution >= 0.6 is 0 Å². The summed E-state index contributed by atoms with van der Waals surface area (Å²) in [5.41, 5.74) is 2.23. The van der Waals surface area contributed by atoms with Gasteiger partial charge in [0.05, 0.1) is 10.8 Å². The maximum atomic E-state index is 13.1. The van der Waals surface area contributed by atoms with Crippen molar-refractivity contribution in [1.82, 2.24) is 14.9 Å². The zero-order valence-corrected chi connectivity index (χ0v) is 19.2. The van der Waals surface area contributed by atoms with Crippen LogP contribution in [-0.2, 0) is 24.3 Å². The summed E-state index contributed by atoms with van der Waals surface area (Å²) < 4.78 is 68.4. The lowest BCUT2D eigenvalue weighted by molar-refractivity contribution is -0.153. The molecule has 0 aromatic heterocycles. The molecule has 1 heterocycles. The van der Waals surface area contributed by atoms with Gasteiger partial charge in [-0.2, -0.15) is 17.5 Å². The van der Waals surface area contributed by atoms with Crippen molar-refractivity contribution in [2.75, 3.05) is 26.2 Å². The number of nitrogens with one attached hydrogen (secondary N) is 2. The number of benzene rings is 1. The molecule has 1 saturated heterocycles. The molecule has 0 saturated carbocycles. The third-order valence-electron chi connectivity index (χ3n) is 5.04. The Morgan fingerprint density at radius 2 is 1.64 bits per heavy atom. The highest BCUT2D eigenvalue weighted by molar-refractivity contribution is 7.89. The van der Waals surface area contributed by atoms with E-state index in [0.717, 1.165) is 5.56 Å². The van der Waals surface area contributed by atoms with E-state index in [0.29, 0.717) is 11.1 Å². The zero-order chi connectivity index (χ0) is 25.0. The maximum Gasteiger partial charge on any atom is 0.405 e. The van der Waals surface area contributed by atoms with E-state index >= 15 is 0 Å². The highest BCUT2D eigenvalue weighted by Crippen LogP contribution is 2.29. The lowest BCUT2D eigenvalue weighted by Crippen LogP contribution is -2.45. The van der Waals surface area contributed by atoms with Crippen LogP contribution in [0.2, 0.25) is 0 Å². The number of halogens is 3. The van der Waals surface area contributed by atoms with Crippen molar-refractivity contribution in [3.05, 3.63) is 28.8 Å². The van der Waals surface area contributed by atoms with Gasteiger partial charge in [-0.25, -0.2) is 13.2 Å². The second kappa shape index (κ2) is 10.5. The Labute approximate surface area is 189 Å². The van der Waals surface area contributed by atoms with Crippen LogP contribution in [0.15, 0.2) is 17.0 Å². The Bertz CT molecular complexity index is 995. The van der Waals surface area contributed by atoms with Gasteiger partial charge in [-0.3, -0.25) is 14.9 Å². The molecule has 9 nitrogen and oxygen atoms in total. The molecule has 184 valence electrons. The van der Waals surface area contributed by atoms with Crippen molar-refractivity contribution >= 4 is 27.9 Å². The standard InChI is InChI=1S/C20H26F3N3O6S/c1-12-8-13(2)17(14(3)9-12)33(30,31)26-6-4-15(5-7-26)18(28)32-10-16(27)25-19(29)24-11-20(21,22)23/h8-9,15H,4-7,10-11H2,1-3H3,(H2,24,25,27,29). The Morgan fingerprint density at radius 3 is 2.15 bits per heavy atom. The van der Waals surface area contributed by atoms with Crippen LogP contribution in [0.4, 0.5) is 18.0 Å². The summed E-state index contributed by atoms with van der Waals surface area (Å²) in [6, 6.07) is 2.21. The molecule has 13 heteroatoms. The number of amides is 3. The Hall–Kier alpha value is -2.67. The third kappa shape index (κ3) is 7.42. The molecule has 0 spiro atoms. The average molecular weight is 494 g/mol. The second-order valence-corrected chi connectivity index (χ2v) is 9.73. The van der Waals surface area contributed by atoms with Crippen molar-refractivity contribution in [2.24, 2.45) is 5.92 Å². The molecule has 1 aromatic rings. The maximum absolute atomic E-state index is 13.1. The highest BCUT2D eigenvalue weighted by atomic mass is 32.2. The monoisotopic (exact) mass is 493 g/mol. The molecule has 1 aliphatic rings. The first-order valence-corrected chi connectivity index (χ1v) is 11.5. The first kappa shape index (κ1) is 26.6. The quantitative estimate of drug-likeness (QED) is 0.584. The first-order valence-electron chi connectivity index (χ1n) is 10.1. The molecule has 2 rings (SSSR count). The van der Waals surface area contributed by atoms with Gasteiger partial charge in [-0.05, 0) is 44.7 Å². The summed E-state index contributed by atoms with van der Waals surface area (Å²) in [6.07, 6.45) is -4.28. The SMILES string of the molecule is Cc1cc(C)c(S(=O)(=O)N2CCC(C(=O)OCC(=O)NC(=O)NCC(F)(F)F)CC2)c(C)c1. The van der Waals surface area contributed by atoms with E-state index in [9.17, 15) is 36.0 Å². The number of imide groups is 1. The van der Waals surface area contributed by atoms with E-state index in [1.54, 1.807) is 31.3 Å². The van der Waals surface area contributed by atoms with Crippen LogP contribution in [-0.4, -0.2) is 63.0 Å². The van der Waals surface area contributed by atoms with Crippen LogP contribution in [0.3, 0.4) is 0 Å². The number of urea groups is 1. The minimum Gasteiger partial charge on any atom is -0.455 e. The molecule has 0 bridgehead atoms. The Morgan fingerprint density at radius 1 is 1.09 bits per heavy atom. The van der Waals surface area contributed by atoms with Crippen LogP contribution in [0.5, 0.6) is 0 Å². The van der Waals surface area contributed by atoms with Gasteiger partial charge in [0.15, 0.2) is 6.61 Å².